The molecule has 0 saturated heterocycles. The van der Waals surface area contributed by atoms with Crippen molar-refractivity contribution in [3.8, 4) is 0 Å². The molecule has 110 valence electrons. The maximum absolute atomic E-state index is 5.58. The van der Waals surface area contributed by atoms with Gasteiger partial charge < -0.3 is 10.3 Å². The summed E-state index contributed by atoms with van der Waals surface area (Å²) in [4.78, 5) is 4.77. The Kier molecular flexibility index (Phi) is 3.70. The third kappa shape index (κ3) is 2.67. The number of nitrogens with zero attached hydrogens (tertiary/aromatic N) is 5. The molecule has 3 aromatic rings. The Labute approximate surface area is 123 Å². The maximum atomic E-state index is 5.58. The predicted octanol–water partition coefficient (Wildman–Crippen LogP) is 1.85. The number of imidazole rings is 1. The van der Waals surface area contributed by atoms with Gasteiger partial charge in [-0.05, 0) is 31.0 Å². The molecular weight excluding hydrogens is 264 g/mol. The number of rotatable bonds is 5. The van der Waals surface area contributed by atoms with Crippen molar-refractivity contribution in [2.24, 2.45) is 5.73 Å². The zero-order valence-electron chi connectivity index (χ0n) is 12.5. The molecule has 2 aromatic heterocycles. The molecule has 2 heterocycles. The summed E-state index contributed by atoms with van der Waals surface area (Å²) < 4.78 is 4.06. The van der Waals surface area contributed by atoms with Gasteiger partial charge in [0.15, 0.2) is 0 Å². The highest BCUT2D eigenvalue weighted by molar-refractivity contribution is 5.76. The molecular formula is C15H20N6. The molecule has 0 aliphatic rings. The summed E-state index contributed by atoms with van der Waals surface area (Å²) in [5.74, 6) is 1.01. The first-order valence-electron chi connectivity index (χ1n) is 7.26. The van der Waals surface area contributed by atoms with E-state index in [1.807, 2.05) is 6.20 Å². The second-order valence-corrected chi connectivity index (χ2v) is 5.28. The molecule has 3 rings (SSSR count). The van der Waals surface area contributed by atoms with Gasteiger partial charge in [-0.25, -0.2) is 9.67 Å². The SMILES string of the molecule is CCCn1c(Cn2cc(CN)nn2)nc2cc(C)ccc21. The van der Waals surface area contributed by atoms with Gasteiger partial charge in [0, 0.05) is 13.1 Å². The van der Waals surface area contributed by atoms with Gasteiger partial charge >= 0.3 is 0 Å². The average molecular weight is 284 g/mol. The summed E-state index contributed by atoms with van der Waals surface area (Å²) in [6.07, 6.45) is 2.94. The van der Waals surface area contributed by atoms with Crippen LogP contribution >= 0.6 is 0 Å². The van der Waals surface area contributed by atoms with Crippen molar-refractivity contribution in [3.63, 3.8) is 0 Å². The smallest absolute Gasteiger partial charge is 0.131 e. The van der Waals surface area contributed by atoms with E-state index in [1.165, 1.54) is 11.1 Å². The van der Waals surface area contributed by atoms with Crippen molar-refractivity contribution in [2.45, 2.75) is 39.9 Å². The van der Waals surface area contributed by atoms with Crippen LogP contribution in [0.25, 0.3) is 11.0 Å². The average Bonchev–Trinajstić information content (AvgIpc) is 3.05. The van der Waals surface area contributed by atoms with E-state index in [9.17, 15) is 0 Å². The maximum Gasteiger partial charge on any atom is 0.131 e. The highest BCUT2D eigenvalue weighted by Gasteiger charge is 2.11. The highest BCUT2D eigenvalue weighted by Crippen LogP contribution is 2.19. The van der Waals surface area contributed by atoms with Crippen molar-refractivity contribution in [3.05, 3.63) is 41.5 Å². The van der Waals surface area contributed by atoms with Crippen LogP contribution in [0.1, 0.15) is 30.4 Å². The highest BCUT2D eigenvalue weighted by atomic mass is 15.4. The summed E-state index contributed by atoms with van der Waals surface area (Å²) in [6.45, 7) is 6.23. The Hall–Kier alpha value is -2.21. The Morgan fingerprint density at radius 2 is 2.14 bits per heavy atom. The number of fused-ring (bicyclic) bond motifs is 1. The van der Waals surface area contributed by atoms with Gasteiger partial charge in [-0.15, -0.1) is 5.10 Å². The van der Waals surface area contributed by atoms with Crippen molar-refractivity contribution < 1.29 is 0 Å². The normalized spacial score (nSPS) is 11.4. The largest absolute Gasteiger partial charge is 0.326 e. The first kappa shape index (κ1) is 13.8. The van der Waals surface area contributed by atoms with E-state index in [2.05, 4.69) is 46.9 Å². The molecule has 0 aliphatic carbocycles. The molecule has 6 heteroatoms. The molecule has 0 saturated carbocycles. The molecule has 0 fully saturated rings. The van der Waals surface area contributed by atoms with Crippen LogP contribution in [0.4, 0.5) is 0 Å². The monoisotopic (exact) mass is 284 g/mol. The van der Waals surface area contributed by atoms with E-state index in [1.54, 1.807) is 4.68 Å². The van der Waals surface area contributed by atoms with Gasteiger partial charge in [-0.3, -0.25) is 0 Å². The van der Waals surface area contributed by atoms with Crippen LogP contribution in [0.3, 0.4) is 0 Å². The van der Waals surface area contributed by atoms with Crippen LogP contribution in [-0.4, -0.2) is 24.5 Å². The van der Waals surface area contributed by atoms with Crippen LogP contribution in [-0.2, 0) is 19.6 Å². The lowest BCUT2D eigenvalue weighted by atomic mass is 10.2. The zero-order valence-corrected chi connectivity index (χ0v) is 12.5. The lowest BCUT2D eigenvalue weighted by molar-refractivity contribution is 0.578. The van der Waals surface area contributed by atoms with Gasteiger partial charge in [-0.2, -0.15) is 0 Å². The number of nitrogens with two attached hydrogens (primary N) is 1. The second kappa shape index (κ2) is 5.65. The van der Waals surface area contributed by atoms with E-state index in [0.717, 1.165) is 30.0 Å². The van der Waals surface area contributed by atoms with Gasteiger partial charge in [0.25, 0.3) is 0 Å². The topological polar surface area (TPSA) is 74.5 Å². The summed E-state index contributed by atoms with van der Waals surface area (Å²) in [5, 5.41) is 8.13. The minimum atomic E-state index is 0.407. The van der Waals surface area contributed by atoms with E-state index in [4.69, 9.17) is 10.7 Å². The van der Waals surface area contributed by atoms with Gasteiger partial charge in [0.2, 0.25) is 0 Å². The summed E-state index contributed by atoms with van der Waals surface area (Å²) in [7, 11) is 0. The summed E-state index contributed by atoms with van der Waals surface area (Å²) >= 11 is 0. The Morgan fingerprint density at radius 3 is 2.86 bits per heavy atom. The summed E-state index contributed by atoms with van der Waals surface area (Å²) in [5.41, 5.74) is 9.81. The Bertz CT molecular complexity index is 755. The number of aryl methyl sites for hydroxylation is 2. The molecule has 0 amide bonds. The third-order valence-electron chi connectivity index (χ3n) is 3.53. The minimum absolute atomic E-state index is 0.407. The first-order chi connectivity index (χ1) is 10.2. The molecule has 0 spiro atoms. The van der Waals surface area contributed by atoms with Crippen LogP contribution in [0.2, 0.25) is 0 Å². The molecule has 21 heavy (non-hydrogen) atoms. The van der Waals surface area contributed by atoms with Crippen LogP contribution in [0, 0.1) is 6.92 Å². The van der Waals surface area contributed by atoms with Crippen molar-refractivity contribution in [1.82, 2.24) is 24.5 Å². The fourth-order valence-corrected chi connectivity index (χ4v) is 2.54. The Morgan fingerprint density at radius 1 is 1.29 bits per heavy atom. The molecule has 0 unspecified atom stereocenters. The molecule has 6 nitrogen and oxygen atoms in total. The fraction of sp³-hybridized carbons (Fsp3) is 0.400. The number of hydrogen-bond donors (Lipinski definition) is 1. The van der Waals surface area contributed by atoms with Gasteiger partial charge in [-0.1, -0.05) is 18.2 Å². The quantitative estimate of drug-likeness (QED) is 0.776. The van der Waals surface area contributed by atoms with Crippen LogP contribution in [0.5, 0.6) is 0 Å². The van der Waals surface area contributed by atoms with Crippen molar-refractivity contribution in [1.29, 1.82) is 0 Å². The number of aromatic nitrogens is 5. The van der Waals surface area contributed by atoms with Crippen molar-refractivity contribution in [2.75, 3.05) is 0 Å². The van der Waals surface area contributed by atoms with E-state index in [0.29, 0.717) is 13.1 Å². The molecule has 0 bridgehead atoms. The standard InChI is InChI=1S/C15H20N6/c1-3-6-21-14-5-4-11(2)7-13(14)17-15(21)10-20-9-12(8-16)18-19-20/h4-5,7,9H,3,6,8,10,16H2,1-2H3. The number of benzene rings is 1. The van der Waals surface area contributed by atoms with Crippen LogP contribution < -0.4 is 5.73 Å². The minimum Gasteiger partial charge on any atom is -0.326 e. The van der Waals surface area contributed by atoms with Gasteiger partial charge in [0.05, 0.1) is 22.9 Å². The zero-order chi connectivity index (χ0) is 14.8. The Balaban J connectivity index is 2.01. The van der Waals surface area contributed by atoms with E-state index < -0.39 is 0 Å². The number of hydrogen-bond acceptors (Lipinski definition) is 4. The van der Waals surface area contributed by atoms with E-state index >= 15 is 0 Å². The predicted molar refractivity (Wildman–Crippen MR) is 81.8 cm³/mol. The lowest BCUT2D eigenvalue weighted by Crippen LogP contribution is -2.09. The van der Waals surface area contributed by atoms with Crippen molar-refractivity contribution >= 4 is 11.0 Å². The summed E-state index contributed by atoms with van der Waals surface area (Å²) in [6, 6.07) is 6.39. The molecule has 0 radical (unpaired) electrons. The third-order valence-corrected chi connectivity index (χ3v) is 3.53. The van der Waals surface area contributed by atoms with Crippen LogP contribution in [0.15, 0.2) is 24.4 Å². The van der Waals surface area contributed by atoms with E-state index in [-0.39, 0.29) is 0 Å². The molecule has 0 aliphatic heterocycles. The molecule has 0 atom stereocenters. The lowest BCUT2D eigenvalue weighted by Gasteiger charge is -2.07. The fourth-order valence-electron chi connectivity index (χ4n) is 2.54. The molecule has 1 aromatic carbocycles. The second-order valence-electron chi connectivity index (χ2n) is 5.28. The molecule has 2 N–H and O–H groups in total. The first-order valence-corrected chi connectivity index (χ1v) is 7.26. The van der Waals surface area contributed by atoms with Gasteiger partial charge in [0.1, 0.15) is 12.4 Å².